The van der Waals surface area contributed by atoms with Crippen molar-refractivity contribution in [1.29, 1.82) is 0 Å². The van der Waals surface area contributed by atoms with Gasteiger partial charge in [0.15, 0.2) is 11.6 Å². The molecule has 0 fully saturated rings. The molecule has 22 heavy (non-hydrogen) atoms. The van der Waals surface area contributed by atoms with Gasteiger partial charge in [0, 0.05) is 17.4 Å². The summed E-state index contributed by atoms with van der Waals surface area (Å²) in [5, 5.41) is 4.90. The van der Waals surface area contributed by atoms with Crippen LogP contribution >= 0.6 is 0 Å². The number of urea groups is 1. The standard InChI is InChI=1S/C14H10F2N4O2/c15-9-3-1-7(5-10(9)16)17-13(21)18-8-2-4-11-12(6-8)20-14(22)19-11/h1-6H,(H2,17,18,21)(H2,19,20,22). The first-order valence-corrected chi connectivity index (χ1v) is 6.26. The van der Waals surface area contributed by atoms with E-state index in [0.717, 1.165) is 12.1 Å². The Morgan fingerprint density at radius 3 is 2.23 bits per heavy atom. The first-order valence-electron chi connectivity index (χ1n) is 6.26. The van der Waals surface area contributed by atoms with E-state index in [1.54, 1.807) is 18.2 Å². The number of carbonyl (C=O) groups excluding carboxylic acids is 1. The first kappa shape index (κ1) is 13.8. The molecule has 0 aliphatic carbocycles. The summed E-state index contributed by atoms with van der Waals surface area (Å²) in [4.78, 5) is 28.1. The highest BCUT2D eigenvalue weighted by Crippen LogP contribution is 2.16. The number of amides is 2. The molecule has 1 aromatic heterocycles. The summed E-state index contributed by atoms with van der Waals surface area (Å²) >= 11 is 0. The van der Waals surface area contributed by atoms with Gasteiger partial charge in [-0.2, -0.15) is 0 Å². The van der Waals surface area contributed by atoms with E-state index in [-0.39, 0.29) is 11.4 Å². The number of carbonyl (C=O) groups is 1. The maximum Gasteiger partial charge on any atom is 0.323 e. The van der Waals surface area contributed by atoms with Gasteiger partial charge in [0.1, 0.15) is 0 Å². The third-order valence-corrected chi connectivity index (χ3v) is 2.95. The molecule has 2 amide bonds. The Morgan fingerprint density at radius 1 is 0.864 bits per heavy atom. The third-order valence-electron chi connectivity index (χ3n) is 2.95. The lowest BCUT2D eigenvalue weighted by atomic mass is 10.3. The van der Waals surface area contributed by atoms with E-state index < -0.39 is 17.7 Å². The lowest BCUT2D eigenvalue weighted by molar-refractivity contribution is 0.262. The largest absolute Gasteiger partial charge is 0.323 e. The van der Waals surface area contributed by atoms with Crippen LogP contribution in [-0.2, 0) is 0 Å². The topological polar surface area (TPSA) is 89.8 Å². The second kappa shape index (κ2) is 5.32. The molecule has 3 aromatic rings. The lowest BCUT2D eigenvalue weighted by Crippen LogP contribution is -2.19. The molecule has 0 saturated heterocycles. The second-order valence-electron chi connectivity index (χ2n) is 4.55. The predicted octanol–water partition coefficient (Wildman–Crippen LogP) is 2.78. The van der Waals surface area contributed by atoms with Crippen LogP contribution in [0.4, 0.5) is 25.0 Å². The molecule has 0 unspecified atom stereocenters. The number of aromatic nitrogens is 2. The molecule has 0 aliphatic rings. The molecule has 0 saturated carbocycles. The van der Waals surface area contributed by atoms with E-state index in [1.807, 2.05) is 0 Å². The van der Waals surface area contributed by atoms with Crippen LogP contribution in [0.1, 0.15) is 0 Å². The van der Waals surface area contributed by atoms with E-state index in [1.165, 1.54) is 6.07 Å². The third kappa shape index (κ3) is 2.80. The van der Waals surface area contributed by atoms with Gasteiger partial charge in [0.05, 0.1) is 11.0 Å². The zero-order valence-corrected chi connectivity index (χ0v) is 11.0. The van der Waals surface area contributed by atoms with Gasteiger partial charge in [-0.05, 0) is 30.3 Å². The van der Waals surface area contributed by atoms with Crippen molar-refractivity contribution >= 4 is 28.4 Å². The van der Waals surface area contributed by atoms with Crippen molar-refractivity contribution in [2.45, 2.75) is 0 Å². The highest BCUT2D eigenvalue weighted by atomic mass is 19.2. The van der Waals surface area contributed by atoms with Crippen LogP contribution in [-0.4, -0.2) is 16.0 Å². The predicted molar refractivity (Wildman–Crippen MR) is 77.9 cm³/mol. The van der Waals surface area contributed by atoms with Gasteiger partial charge in [-0.3, -0.25) is 0 Å². The SMILES string of the molecule is O=C(Nc1ccc(F)c(F)c1)Nc1ccc2[nH]c(=O)[nH]c2c1. The van der Waals surface area contributed by atoms with Crippen molar-refractivity contribution in [3.05, 3.63) is 58.5 Å². The highest BCUT2D eigenvalue weighted by molar-refractivity contribution is 6.00. The summed E-state index contributed by atoms with van der Waals surface area (Å²) in [6.45, 7) is 0. The van der Waals surface area contributed by atoms with Crippen molar-refractivity contribution in [1.82, 2.24) is 9.97 Å². The van der Waals surface area contributed by atoms with E-state index in [2.05, 4.69) is 20.6 Å². The number of nitrogens with one attached hydrogen (secondary N) is 4. The van der Waals surface area contributed by atoms with Crippen LogP contribution < -0.4 is 16.3 Å². The normalized spacial score (nSPS) is 10.6. The van der Waals surface area contributed by atoms with Crippen LogP contribution in [0, 0.1) is 11.6 Å². The molecule has 8 heteroatoms. The number of anilines is 2. The van der Waals surface area contributed by atoms with Crippen LogP contribution in [0.5, 0.6) is 0 Å². The minimum atomic E-state index is -1.05. The molecule has 0 spiro atoms. The number of rotatable bonds is 2. The van der Waals surface area contributed by atoms with Gasteiger partial charge >= 0.3 is 11.7 Å². The number of benzene rings is 2. The summed E-state index contributed by atoms with van der Waals surface area (Å²) in [6.07, 6.45) is 0. The number of H-pyrrole nitrogens is 2. The summed E-state index contributed by atoms with van der Waals surface area (Å²) < 4.78 is 25.8. The minimum absolute atomic E-state index is 0.118. The Bertz CT molecular complexity index is 917. The molecule has 0 atom stereocenters. The van der Waals surface area contributed by atoms with E-state index in [0.29, 0.717) is 16.7 Å². The monoisotopic (exact) mass is 304 g/mol. The van der Waals surface area contributed by atoms with Gasteiger partial charge < -0.3 is 20.6 Å². The first-order chi connectivity index (χ1) is 10.5. The molecule has 1 heterocycles. The highest BCUT2D eigenvalue weighted by Gasteiger charge is 2.07. The fourth-order valence-electron chi connectivity index (χ4n) is 1.98. The average Bonchev–Trinajstić information content (AvgIpc) is 2.82. The fraction of sp³-hybridized carbons (Fsp3) is 0. The zero-order valence-electron chi connectivity index (χ0n) is 11.0. The molecular weight excluding hydrogens is 294 g/mol. The number of imidazole rings is 1. The quantitative estimate of drug-likeness (QED) is 0.586. The number of fused-ring (bicyclic) bond motifs is 1. The summed E-state index contributed by atoms with van der Waals surface area (Å²) in [7, 11) is 0. The van der Waals surface area contributed by atoms with Crippen molar-refractivity contribution in [2.75, 3.05) is 10.6 Å². The lowest BCUT2D eigenvalue weighted by Gasteiger charge is -2.08. The average molecular weight is 304 g/mol. The summed E-state index contributed by atoms with van der Waals surface area (Å²) in [6, 6.07) is 7.20. The van der Waals surface area contributed by atoms with Gasteiger partial charge in [-0.25, -0.2) is 18.4 Å². The Morgan fingerprint density at radius 2 is 1.50 bits per heavy atom. The Balaban J connectivity index is 1.74. The maximum absolute atomic E-state index is 13.0. The molecular formula is C14H10F2N4O2. The fourth-order valence-corrected chi connectivity index (χ4v) is 1.98. The minimum Gasteiger partial charge on any atom is -0.308 e. The molecule has 112 valence electrons. The van der Waals surface area contributed by atoms with Gasteiger partial charge in [-0.1, -0.05) is 0 Å². The summed E-state index contributed by atoms with van der Waals surface area (Å²) in [5.74, 6) is -2.04. The molecule has 2 aromatic carbocycles. The number of aromatic amines is 2. The molecule has 0 aliphatic heterocycles. The van der Waals surface area contributed by atoms with Crippen LogP contribution in [0.25, 0.3) is 11.0 Å². The van der Waals surface area contributed by atoms with Crippen LogP contribution in [0.15, 0.2) is 41.2 Å². The second-order valence-corrected chi connectivity index (χ2v) is 4.55. The summed E-state index contributed by atoms with van der Waals surface area (Å²) in [5.41, 5.74) is 1.35. The van der Waals surface area contributed by atoms with Crippen LogP contribution in [0.3, 0.4) is 0 Å². The van der Waals surface area contributed by atoms with E-state index in [4.69, 9.17) is 0 Å². The van der Waals surface area contributed by atoms with Crippen molar-refractivity contribution in [3.8, 4) is 0 Å². The molecule has 4 N–H and O–H groups in total. The van der Waals surface area contributed by atoms with E-state index in [9.17, 15) is 18.4 Å². The van der Waals surface area contributed by atoms with Crippen molar-refractivity contribution in [3.63, 3.8) is 0 Å². The zero-order chi connectivity index (χ0) is 15.7. The molecule has 0 radical (unpaired) electrons. The Hall–Kier alpha value is -3.16. The maximum atomic E-state index is 13.0. The number of halogens is 2. The number of hydrogen-bond donors (Lipinski definition) is 4. The Labute approximate surface area is 122 Å². The van der Waals surface area contributed by atoms with Crippen LogP contribution in [0.2, 0.25) is 0 Å². The Kier molecular flexibility index (Phi) is 3.34. The smallest absolute Gasteiger partial charge is 0.308 e. The van der Waals surface area contributed by atoms with Gasteiger partial charge in [-0.15, -0.1) is 0 Å². The molecule has 6 nitrogen and oxygen atoms in total. The van der Waals surface area contributed by atoms with E-state index >= 15 is 0 Å². The molecule has 3 rings (SSSR count). The number of hydrogen-bond acceptors (Lipinski definition) is 2. The van der Waals surface area contributed by atoms with Gasteiger partial charge in [0.2, 0.25) is 0 Å². The van der Waals surface area contributed by atoms with Crippen molar-refractivity contribution in [2.24, 2.45) is 0 Å². The molecule has 0 bridgehead atoms. The van der Waals surface area contributed by atoms with Crippen molar-refractivity contribution < 1.29 is 13.6 Å². The van der Waals surface area contributed by atoms with Gasteiger partial charge in [0.25, 0.3) is 0 Å².